The van der Waals surface area contributed by atoms with Crippen molar-refractivity contribution in [3.8, 4) is 0 Å². The zero-order valence-electron chi connectivity index (χ0n) is 15.7. The highest BCUT2D eigenvalue weighted by atomic mass is 32.2. The van der Waals surface area contributed by atoms with Gasteiger partial charge in [-0.2, -0.15) is 4.98 Å². The maximum Gasteiger partial charge on any atom is 0.224 e. The molecule has 0 aliphatic carbocycles. The Balaban J connectivity index is 1.68. The van der Waals surface area contributed by atoms with Crippen LogP contribution in [-0.4, -0.2) is 49.0 Å². The van der Waals surface area contributed by atoms with Gasteiger partial charge in [0, 0.05) is 30.9 Å². The Morgan fingerprint density at radius 3 is 2.63 bits per heavy atom. The van der Waals surface area contributed by atoms with E-state index in [0.29, 0.717) is 25.5 Å². The molecule has 0 radical (unpaired) electrons. The normalized spacial score (nSPS) is 18.4. The smallest absolute Gasteiger partial charge is 0.224 e. The first kappa shape index (κ1) is 19.5. The molecule has 1 unspecified atom stereocenters. The average Bonchev–Trinajstić information content (AvgIpc) is 2.96. The fourth-order valence-corrected chi connectivity index (χ4v) is 5.11. The number of nitrogens with one attached hydrogen (secondary N) is 1. The van der Waals surface area contributed by atoms with E-state index >= 15 is 0 Å². The van der Waals surface area contributed by atoms with E-state index in [2.05, 4.69) is 15.3 Å². The van der Waals surface area contributed by atoms with E-state index in [1.54, 1.807) is 12.1 Å². The second-order valence-electron chi connectivity index (χ2n) is 6.84. The van der Waals surface area contributed by atoms with Crippen LogP contribution >= 0.6 is 0 Å². The molecule has 3 rings (SSSR count). The molecule has 27 heavy (non-hydrogen) atoms. The summed E-state index contributed by atoms with van der Waals surface area (Å²) in [5.41, 5.74) is 1.85. The first-order chi connectivity index (χ1) is 12.9. The summed E-state index contributed by atoms with van der Waals surface area (Å²) in [6.07, 6.45) is 1.36. The van der Waals surface area contributed by atoms with Crippen LogP contribution in [0.25, 0.3) is 0 Å². The van der Waals surface area contributed by atoms with E-state index in [0.717, 1.165) is 23.5 Å². The lowest BCUT2D eigenvalue weighted by Gasteiger charge is -2.28. The molecule has 6 nitrogen and oxygen atoms in total. The SMILES string of the molecule is CCN(c1cc(C)nc(NCCc2ccc(F)cc2)n1)C1CCS(=O)(=O)C1. The summed E-state index contributed by atoms with van der Waals surface area (Å²) < 4.78 is 36.6. The Morgan fingerprint density at radius 2 is 2.00 bits per heavy atom. The number of benzene rings is 1. The summed E-state index contributed by atoms with van der Waals surface area (Å²) in [4.78, 5) is 11.1. The topological polar surface area (TPSA) is 75.2 Å². The lowest BCUT2D eigenvalue weighted by atomic mass is 10.1. The van der Waals surface area contributed by atoms with E-state index in [1.165, 1.54) is 12.1 Å². The van der Waals surface area contributed by atoms with Crippen LogP contribution in [-0.2, 0) is 16.3 Å². The van der Waals surface area contributed by atoms with E-state index in [-0.39, 0.29) is 23.4 Å². The van der Waals surface area contributed by atoms with Crippen molar-refractivity contribution in [1.82, 2.24) is 9.97 Å². The zero-order chi connectivity index (χ0) is 19.4. The van der Waals surface area contributed by atoms with Crippen LogP contribution in [0, 0.1) is 12.7 Å². The lowest BCUT2D eigenvalue weighted by molar-refractivity contribution is 0.599. The number of nitrogens with zero attached hydrogens (tertiary/aromatic N) is 3. The van der Waals surface area contributed by atoms with Crippen molar-refractivity contribution in [2.45, 2.75) is 32.7 Å². The first-order valence-electron chi connectivity index (χ1n) is 9.17. The van der Waals surface area contributed by atoms with Gasteiger partial charge in [-0.25, -0.2) is 17.8 Å². The Morgan fingerprint density at radius 1 is 1.26 bits per heavy atom. The summed E-state index contributed by atoms with van der Waals surface area (Å²) in [5.74, 6) is 1.44. The van der Waals surface area contributed by atoms with Crippen LogP contribution in [0.5, 0.6) is 0 Å². The van der Waals surface area contributed by atoms with Crippen LogP contribution in [0.2, 0.25) is 0 Å². The highest BCUT2D eigenvalue weighted by Crippen LogP contribution is 2.24. The standard InChI is InChI=1S/C19H25FN4O2S/c1-3-24(17-9-11-27(25,26)13-17)18-12-14(2)22-19(23-18)21-10-8-15-4-6-16(20)7-5-15/h4-7,12,17H,3,8-11,13H2,1-2H3,(H,21,22,23). The minimum Gasteiger partial charge on any atom is -0.354 e. The van der Waals surface area contributed by atoms with Gasteiger partial charge in [-0.15, -0.1) is 0 Å². The highest BCUT2D eigenvalue weighted by molar-refractivity contribution is 7.91. The third-order valence-corrected chi connectivity index (χ3v) is 6.49. The van der Waals surface area contributed by atoms with Gasteiger partial charge in [0.15, 0.2) is 9.84 Å². The maximum atomic E-state index is 13.0. The van der Waals surface area contributed by atoms with Crippen LogP contribution in [0.15, 0.2) is 30.3 Å². The van der Waals surface area contributed by atoms with Crippen molar-refractivity contribution in [1.29, 1.82) is 0 Å². The number of aryl methyl sites for hydroxylation is 1. The molecule has 1 aliphatic rings. The molecule has 1 atom stereocenters. The Kier molecular flexibility index (Phi) is 5.94. The van der Waals surface area contributed by atoms with Gasteiger partial charge in [-0.05, 0) is 44.4 Å². The summed E-state index contributed by atoms with van der Waals surface area (Å²) in [6, 6.07) is 8.27. The van der Waals surface area contributed by atoms with Crippen molar-refractivity contribution in [3.05, 3.63) is 47.4 Å². The first-order valence-corrected chi connectivity index (χ1v) is 11.0. The quantitative estimate of drug-likeness (QED) is 0.781. The Bertz CT molecular complexity index is 887. The zero-order valence-corrected chi connectivity index (χ0v) is 16.5. The van der Waals surface area contributed by atoms with E-state index in [1.807, 2.05) is 24.8 Å². The van der Waals surface area contributed by atoms with Crippen molar-refractivity contribution in [2.75, 3.05) is 34.8 Å². The van der Waals surface area contributed by atoms with Gasteiger partial charge >= 0.3 is 0 Å². The average molecular weight is 393 g/mol. The summed E-state index contributed by atoms with van der Waals surface area (Å²) >= 11 is 0. The molecule has 1 aromatic heterocycles. The minimum atomic E-state index is -2.95. The number of rotatable bonds is 7. The van der Waals surface area contributed by atoms with Crippen molar-refractivity contribution >= 4 is 21.6 Å². The summed E-state index contributed by atoms with van der Waals surface area (Å²) in [5, 5.41) is 3.21. The molecule has 2 aromatic rings. The van der Waals surface area contributed by atoms with E-state index < -0.39 is 9.84 Å². The van der Waals surface area contributed by atoms with E-state index in [4.69, 9.17) is 0 Å². The van der Waals surface area contributed by atoms with Gasteiger partial charge in [0.2, 0.25) is 5.95 Å². The maximum absolute atomic E-state index is 13.0. The van der Waals surface area contributed by atoms with Gasteiger partial charge < -0.3 is 10.2 Å². The van der Waals surface area contributed by atoms with Crippen LogP contribution in [0.3, 0.4) is 0 Å². The number of aromatic nitrogens is 2. The predicted molar refractivity (Wildman–Crippen MR) is 105 cm³/mol. The molecule has 0 bridgehead atoms. The second-order valence-corrected chi connectivity index (χ2v) is 9.07. The minimum absolute atomic E-state index is 0.0404. The van der Waals surface area contributed by atoms with Gasteiger partial charge in [0.05, 0.1) is 11.5 Å². The van der Waals surface area contributed by atoms with Crippen molar-refractivity contribution < 1.29 is 12.8 Å². The molecule has 0 spiro atoms. The highest BCUT2D eigenvalue weighted by Gasteiger charge is 2.32. The molecule has 2 heterocycles. The van der Waals surface area contributed by atoms with Crippen molar-refractivity contribution in [2.24, 2.45) is 0 Å². The molecular weight excluding hydrogens is 367 g/mol. The molecule has 1 aromatic carbocycles. The number of hydrogen-bond donors (Lipinski definition) is 1. The lowest BCUT2D eigenvalue weighted by Crippen LogP contribution is -2.37. The number of sulfone groups is 1. The second kappa shape index (κ2) is 8.21. The van der Waals surface area contributed by atoms with Crippen LogP contribution in [0.1, 0.15) is 24.6 Å². The molecule has 146 valence electrons. The number of halogens is 1. The van der Waals surface area contributed by atoms with Gasteiger partial charge in [-0.1, -0.05) is 12.1 Å². The third-order valence-electron chi connectivity index (χ3n) is 4.73. The fraction of sp³-hybridized carbons (Fsp3) is 0.474. The Hall–Kier alpha value is -2.22. The largest absolute Gasteiger partial charge is 0.354 e. The number of hydrogen-bond acceptors (Lipinski definition) is 6. The Labute approximate surface area is 159 Å². The van der Waals surface area contributed by atoms with Gasteiger partial charge in [0.25, 0.3) is 0 Å². The molecule has 0 amide bonds. The summed E-state index contributed by atoms with van der Waals surface area (Å²) in [7, 11) is -2.95. The molecule has 1 N–H and O–H groups in total. The third kappa shape index (κ3) is 5.15. The molecule has 1 aliphatic heterocycles. The molecule has 1 saturated heterocycles. The fourth-order valence-electron chi connectivity index (χ4n) is 3.38. The van der Waals surface area contributed by atoms with Crippen LogP contribution in [0.4, 0.5) is 16.2 Å². The number of anilines is 2. The molecular formula is C19H25FN4O2S. The van der Waals surface area contributed by atoms with Crippen LogP contribution < -0.4 is 10.2 Å². The van der Waals surface area contributed by atoms with Crippen molar-refractivity contribution in [3.63, 3.8) is 0 Å². The van der Waals surface area contributed by atoms with E-state index in [9.17, 15) is 12.8 Å². The van der Waals surface area contributed by atoms with Gasteiger partial charge in [0.1, 0.15) is 11.6 Å². The molecule has 0 saturated carbocycles. The summed E-state index contributed by atoms with van der Waals surface area (Å²) in [6.45, 7) is 5.21. The molecule has 8 heteroatoms. The predicted octanol–water partition coefficient (Wildman–Crippen LogP) is 2.59. The molecule has 1 fully saturated rings. The van der Waals surface area contributed by atoms with Gasteiger partial charge in [-0.3, -0.25) is 0 Å². The monoisotopic (exact) mass is 392 g/mol.